The molecule has 0 amide bonds. The molecule has 1 saturated heterocycles. The first-order chi connectivity index (χ1) is 17.6. The van der Waals surface area contributed by atoms with E-state index in [1.54, 1.807) is 21.3 Å². The van der Waals surface area contributed by atoms with Gasteiger partial charge in [-0.3, -0.25) is 0 Å². The van der Waals surface area contributed by atoms with Crippen molar-refractivity contribution in [2.75, 3.05) is 39.3 Å². The third-order valence-electron chi connectivity index (χ3n) is 8.40. The fourth-order valence-electron chi connectivity index (χ4n) is 6.49. The standard InChI is InChI=1S/C32H39NO3/c1-22-20-30(23-8-6-5-7-9-23)31(28-15-14-27(34-2)21-29(22)28)24-10-12-26(13-11-24)33-18-16-25(17-19-33)32(35-3)36-4/h5-15,21-22,25,30-32H,16-20H2,1-4H3/t22-,30-,31-/m1/s1. The highest BCUT2D eigenvalue weighted by atomic mass is 16.7. The quantitative estimate of drug-likeness (QED) is 0.339. The van der Waals surface area contributed by atoms with E-state index < -0.39 is 0 Å². The molecule has 1 aliphatic heterocycles. The monoisotopic (exact) mass is 485 g/mol. The van der Waals surface area contributed by atoms with Crippen LogP contribution in [0.2, 0.25) is 0 Å². The Hall–Kier alpha value is -2.82. The average Bonchev–Trinajstić information content (AvgIpc) is 2.94. The maximum atomic E-state index is 5.58. The molecule has 1 aliphatic carbocycles. The molecule has 0 spiro atoms. The van der Waals surface area contributed by atoms with Crippen molar-refractivity contribution in [3.8, 4) is 5.75 Å². The molecular formula is C32H39NO3. The lowest BCUT2D eigenvalue weighted by Gasteiger charge is -2.39. The van der Waals surface area contributed by atoms with Gasteiger partial charge in [0.2, 0.25) is 0 Å². The fourth-order valence-corrected chi connectivity index (χ4v) is 6.49. The van der Waals surface area contributed by atoms with Gasteiger partial charge in [-0.15, -0.1) is 0 Å². The van der Waals surface area contributed by atoms with E-state index in [-0.39, 0.29) is 6.29 Å². The summed E-state index contributed by atoms with van der Waals surface area (Å²) in [4.78, 5) is 2.50. The van der Waals surface area contributed by atoms with E-state index in [0.717, 1.165) is 38.1 Å². The third kappa shape index (κ3) is 4.89. The van der Waals surface area contributed by atoms with Crippen molar-refractivity contribution in [2.24, 2.45) is 5.92 Å². The number of nitrogens with zero attached hydrogens (tertiary/aromatic N) is 1. The van der Waals surface area contributed by atoms with Crippen molar-refractivity contribution in [2.45, 2.75) is 50.2 Å². The van der Waals surface area contributed by atoms with Crippen molar-refractivity contribution in [1.29, 1.82) is 0 Å². The molecule has 0 radical (unpaired) electrons. The number of hydrogen-bond acceptors (Lipinski definition) is 4. The molecule has 3 atom stereocenters. The van der Waals surface area contributed by atoms with Crippen LogP contribution in [0.5, 0.6) is 5.75 Å². The molecule has 4 heteroatoms. The van der Waals surface area contributed by atoms with Gasteiger partial charge in [0.25, 0.3) is 0 Å². The number of rotatable bonds is 7. The van der Waals surface area contributed by atoms with Crippen LogP contribution in [0.3, 0.4) is 0 Å². The van der Waals surface area contributed by atoms with Gasteiger partial charge in [-0.2, -0.15) is 0 Å². The van der Waals surface area contributed by atoms with Crippen molar-refractivity contribution >= 4 is 5.69 Å². The molecule has 3 aromatic rings. The summed E-state index contributed by atoms with van der Waals surface area (Å²) in [6.45, 7) is 4.42. The average molecular weight is 486 g/mol. The van der Waals surface area contributed by atoms with E-state index in [2.05, 4.69) is 84.6 Å². The molecule has 0 saturated carbocycles. The summed E-state index contributed by atoms with van der Waals surface area (Å²) in [5, 5.41) is 0. The lowest BCUT2D eigenvalue weighted by molar-refractivity contribution is -0.141. The maximum absolute atomic E-state index is 5.58. The van der Waals surface area contributed by atoms with Gasteiger partial charge in [-0.05, 0) is 77.6 Å². The van der Waals surface area contributed by atoms with Gasteiger partial charge in [-0.1, -0.05) is 55.5 Å². The second-order valence-corrected chi connectivity index (χ2v) is 10.4. The molecule has 36 heavy (non-hydrogen) atoms. The molecular weight excluding hydrogens is 446 g/mol. The van der Waals surface area contributed by atoms with Crippen molar-refractivity contribution in [3.63, 3.8) is 0 Å². The smallest absolute Gasteiger partial charge is 0.159 e. The van der Waals surface area contributed by atoms with E-state index in [1.807, 2.05) is 0 Å². The van der Waals surface area contributed by atoms with E-state index >= 15 is 0 Å². The first-order valence-corrected chi connectivity index (χ1v) is 13.3. The summed E-state index contributed by atoms with van der Waals surface area (Å²) in [6, 6.07) is 27.1. The van der Waals surface area contributed by atoms with Crippen LogP contribution in [-0.2, 0) is 9.47 Å². The minimum Gasteiger partial charge on any atom is -0.497 e. The predicted molar refractivity (Wildman–Crippen MR) is 146 cm³/mol. The van der Waals surface area contributed by atoms with Crippen LogP contribution in [0.25, 0.3) is 0 Å². The Balaban J connectivity index is 1.43. The maximum Gasteiger partial charge on any atom is 0.159 e. The van der Waals surface area contributed by atoms with Crippen molar-refractivity contribution in [3.05, 3.63) is 95.1 Å². The van der Waals surface area contributed by atoms with Crippen molar-refractivity contribution in [1.82, 2.24) is 0 Å². The highest BCUT2D eigenvalue weighted by molar-refractivity contribution is 5.53. The lowest BCUT2D eigenvalue weighted by atomic mass is 9.66. The molecule has 4 nitrogen and oxygen atoms in total. The number of anilines is 1. The number of benzene rings is 3. The molecule has 3 aromatic carbocycles. The Bertz CT molecular complexity index is 1120. The Morgan fingerprint density at radius 3 is 2.11 bits per heavy atom. The van der Waals surface area contributed by atoms with Crippen molar-refractivity contribution < 1.29 is 14.2 Å². The first kappa shape index (κ1) is 24.9. The number of fused-ring (bicyclic) bond motifs is 1. The minimum absolute atomic E-state index is 0.100. The molecule has 1 fully saturated rings. The van der Waals surface area contributed by atoms with Gasteiger partial charge in [0.15, 0.2) is 6.29 Å². The van der Waals surface area contributed by atoms with Gasteiger partial charge in [0.05, 0.1) is 7.11 Å². The number of piperidine rings is 1. The SMILES string of the molecule is COc1ccc2c(c1)[C@H](C)C[C@H](c1ccccc1)[C@@H]2c1ccc(N2CCC(C(OC)OC)CC2)cc1. The summed E-state index contributed by atoms with van der Waals surface area (Å²) in [6.07, 6.45) is 3.20. The summed E-state index contributed by atoms with van der Waals surface area (Å²) in [7, 11) is 5.23. The summed E-state index contributed by atoms with van der Waals surface area (Å²) >= 11 is 0. The zero-order valence-corrected chi connectivity index (χ0v) is 22.0. The topological polar surface area (TPSA) is 30.9 Å². The predicted octanol–water partition coefficient (Wildman–Crippen LogP) is 6.95. The Morgan fingerprint density at radius 1 is 0.778 bits per heavy atom. The Labute approximate surface area is 216 Å². The summed E-state index contributed by atoms with van der Waals surface area (Å²) < 4.78 is 16.6. The largest absolute Gasteiger partial charge is 0.497 e. The Morgan fingerprint density at radius 2 is 1.47 bits per heavy atom. The Kier molecular flexibility index (Phi) is 7.64. The van der Waals surface area contributed by atoms with Crippen LogP contribution in [0.1, 0.15) is 66.2 Å². The van der Waals surface area contributed by atoms with Gasteiger partial charge >= 0.3 is 0 Å². The molecule has 2 aliphatic rings. The molecule has 0 aromatic heterocycles. The number of ether oxygens (including phenoxy) is 3. The highest BCUT2D eigenvalue weighted by Crippen LogP contribution is 2.51. The van der Waals surface area contributed by atoms with Crippen LogP contribution in [0, 0.1) is 5.92 Å². The second-order valence-electron chi connectivity index (χ2n) is 10.4. The fraction of sp³-hybridized carbons (Fsp3) is 0.438. The molecule has 0 bridgehead atoms. The minimum atomic E-state index is -0.100. The van der Waals surface area contributed by atoms with E-state index in [4.69, 9.17) is 14.2 Å². The second kappa shape index (κ2) is 11.1. The lowest BCUT2D eigenvalue weighted by Crippen LogP contribution is -2.39. The normalized spacial score (nSPS) is 22.5. The molecule has 0 unspecified atom stereocenters. The summed E-state index contributed by atoms with van der Waals surface area (Å²) in [5.74, 6) is 2.66. The van der Waals surface area contributed by atoms with Crippen LogP contribution in [0.4, 0.5) is 5.69 Å². The van der Waals surface area contributed by atoms with E-state index in [1.165, 1.54) is 27.9 Å². The van der Waals surface area contributed by atoms with Crippen LogP contribution >= 0.6 is 0 Å². The molecule has 5 rings (SSSR count). The zero-order chi connectivity index (χ0) is 25.1. The van der Waals surface area contributed by atoms with E-state index in [9.17, 15) is 0 Å². The van der Waals surface area contributed by atoms with Gasteiger partial charge < -0.3 is 19.1 Å². The van der Waals surface area contributed by atoms with Crippen LogP contribution in [0.15, 0.2) is 72.8 Å². The van der Waals surface area contributed by atoms with Crippen LogP contribution < -0.4 is 9.64 Å². The molecule has 190 valence electrons. The zero-order valence-electron chi connectivity index (χ0n) is 22.0. The van der Waals surface area contributed by atoms with Crippen LogP contribution in [-0.4, -0.2) is 40.7 Å². The molecule has 1 heterocycles. The number of methoxy groups -OCH3 is 3. The third-order valence-corrected chi connectivity index (χ3v) is 8.40. The summed E-state index contributed by atoms with van der Waals surface area (Å²) in [5.41, 5.74) is 6.97. The molecule has 0 N–H and O–H groups in total. The van der Waals surface area contributed by atoms with Gasteiger partial charge in [-0.25, -0.2) is 0 Å². The first-order valence-electron chi connectivity index (χ1n) is 13.3. The highest BCUT2D eigenvalue weighted by Gasteiger charge is 2.35. The van der Waals surface area contributed by atoms with Gasteiger partial charge in [0.1, 0.15) is 5.75 Å². The van der Waals surface area contributed by atoms with Gasteiger partial charge in [0, 0.05) is 44.8 Å². The number of hydrogen-bond donors (Lipinski definition) is 0. The van der Waals surface area contributed by atoms with E-state index in [0.29, 0.717) is 23.7 Å².